The maximum Gasteiger partial charge on any atom is 0.309 e. The van der Waals surface area contributed by atoms with E-state index in [9.17, 15) is 9.90 Å². The van der Waals surface area contributed by atoms with Crippen molar-refractivity contribution in [1.29, 1.82) is 0 Å². The Morgan fingerprint density at radius 2 is 2.12 bits per heavy atom. The van der Waals surface area contributed by atoms with E-state index in [-0.39, 0.29) is 6.42 Å². The SMILES string of the molecule is CCCc1nc(CC(=O)O)c(C(C)(C)O)[nH]1. The van der Waals surface area contributed by atoms with Gasteiger partial charge in [-0.2, -0.15) is 0 Å². The van der Waals surface area contributed by atoms with E-state index < -0.39 is 11.6 Å². The zero-order valence-electron chi connectivity index (χ0n) is 9.87. The summed E-state index contributed by atoms with van der Waals surface area (Å²) in [6, 6.07) is 0. The summed E-state index contributed by atoms with van der Waals surface area (Å²) in [5.74, 6) is -0.212. The molecule has 1 aromatic rings. The Labute approximate surface area is 94.5 Å². The number of nitrogens with one attached hydrogen (secondary N) is 1. The third-order valence-corrected chi connectivity index (χ3v) is 2.25. The van der Waals surface area contributed by atoms with Gasteiger partial charge in [-0.1, -0.05) is 6.92 Å². The molecule has 5 nitrogen and oxygen atoms in total. The van der Waals surface area contributed by atoms with Gasteiger partial charge in [-0.25, -0.2) is 4.98 Å². The molecule has 0 saturated carbocycles. The van der Waals surface area contributed by atoms with Crippen molar-refractivity contribution in [2.45, 2.75) is 45.6 Å². The number of aliphatic carboxylic acids is 1. The van der Waals surface area contributed by atoms with E-state index in [2.05, 4.69) is 9.97 Å². The summed E-state index contributed by atoms with van der Waals surface area (Å²) in [5.41, 5.74) is -0.175. The van der Waals surface area contributed by atoms with E-state index in [1.165, 1.54) is 0 Å². The number of imidazole rings is 1. The summed E-state index contributed by atoms with van der Waals surface area (Å²) in [7, 11) is 0. The predicted octanol–water partition coefficient (Wildman–Crippen LogP) is 1.22. The molecule has 0 aliphatic heterocycles. The van der Waals surface area contributed by atoms with E-state index in [4.69, 9.17) is 5.11 Å². The molecule has 0 unspecified atom stereocenters. The van der Waals surface area contributed by atoms with Gasteiger partial charge in [0.05, 0.1) is 17.8 Å². The van der Waals surface area contributed by atoms with Crippen LogP contribution in [-0.4, -0.2) is 26.2 Å². The largest absolute Gasteiger partial charge is 0.481 e. The Bertz CT molecular complexity index is 377. The minimum absolute atomic E-state index is 0.167. The molecule has 0 atom stereocenters. The molecular weight excluding hydrogens is 208 g/mol. The standard InChI is InChI=1S/C11H18N2O3/c1-4-5-8-12-7(6-9(14)15)10(13-8)11(2,3)16/h16H,4-6H2,1-3H3,(H,12,13)(H,14,15). The first-order valence-electron chi connectivity index (χ1n) is 5.37. The fraction of sp³-hybridized carbons (Fsp3) is 0.636. The number of hydrogen-bond donors (Lipinski definition) is 3. The average Bonchev–Trinajstić information content (AvgIpc) is 2.46. The van der Waals surface area contributed by atoms with Crippen molar-refractivity contribution in [3.63, 3.8) is 0 Å². The number of carboxylic acids is 1. The molecule has 5 heteroatoms. The second-order valence-electron chi connectivity index (χ2n) is 4.38. The zero-order valence-corrected chi connectivity index (χ0v) is 9.87. The molecule has 0 amide bonds. The van der Waals surface area contributed by atoms with Crippen molar-refractivity contribution in [3.05, 3.63) is 17.2 Å². The summed E-state index contributed by atoms with van der Waals surface area (Å²) in [6.07, 6.45) is 1.51. The number of carboxylic acid groups (broad SMARTS) is 1. The molecule has 90 valence electrons. The maximum absolute atomic E-state index is 10.7. The van der Waals surface area contributed by atoms with Gasteiger partial charge in [0.1, 0.15) is 11.4 Å². The number of carbonyl (C=O) groups is 1. The third-order valence-electron chi connectivity index (χ3n) is 2.25. The lowest BCUT2D eigenvalue weighted by Gasteiger charge is -2.16. The molecule has 3 N–H and O–H groups in total. The molecular formula is C11H18N2O3. The molecule has 0 aromatic carbocycles. The highest BCUT2D eigenvalue weighted by molar-refractivity contribution is 5.70. The van der Waals surface area contributed by atoms with Gasteiger partial charge in [-0.3, -0.25) is 4.79 Å². The minimum Gasteiger partial charge on any atom is -0.481 e. The molecule has 0 aliphatic rings. The van der Waals surface area contributed by atoms with Crippen LogP contribution in [0.1, 0.15) is 44.4 Å². The quantitative estimate of drug-likeness (QED) is 0.704. The number of aliphatic hydroxyl groups is 1. The molecule has 0 radical (unpaired) electrons. The van der Waals surface area contributed by atoms with Crippen LogP contribution in [0.25, 0.3) is 0 Å². The fourth-order valence-corrected chi connectivity index (χ4v) is 1.60. The van der Waals surface area contributed by atoms with Crippen LogP contribution in [-0.2, 0) is 23.2 Å². The first-order valence-corrected chi connectivity index (χ1v) is 5.37. The lowest BCUT2D eigenvalue weighted by atomic mass is 10.0. The summed E-state index contributed by atoms with van der Waals surface area (Å²) in [6.45, 7) is 5.24. The van der Waals surface area contributed by atoms with E-state index in [1.54, 1.807) is 13.8 Å². The van der Waals surface area contributed by atoms with Crippen LogP contribution in [0.15, 0.2) is 0 Å². The fourth-order valence-electron chi connectivity index (χ4n) is 1.60. The van der Waals surface area contributed by atoms with Gasteiger partial charge in [-0.15, -0.1) is 0 Å². The summed E-state index contributed by atoms with van der Waals surface area (Å²) < 4.78 is 0. The monoisotopic (exact) mass is 226 g/mol. The molecule has 0 spiro atoms. The van der Waals surface area contributed by atoms with Gasteiger partial charge in [0.2, 0.25) is 0 Å². The average molecular weight is 226 g/mol. The first-order chi connectivity index (χ1) is 7.34. The number of rotatable bonds is 5. The topological polar surface area (TPSA) is 86.2 Å². The lowest BCUT2D eigenvalue weighted by molar-refractivity contribution is -0.136. The Kier molecular flexibility index (Phi) is 3.70. The summed E-state index contributed by atoms with van der Waals surface area (Å²) in [5, 5.41) is 18.7. The highest BCUT2D eigenvalue weighted by Crippen LogP contribution is 2.22. The molecule has 1 heterocycles. The minimum atomic E-state index is -1.09. The van der Waals surface area contributed by atoms with Gasteiger partial charge in [0, 0.05) is 6.42 Å². The van der Waals surface area contributed by atoms with Crippen molar-refractivity contribution in [3.8, 4) is 0 Å². The molecule has 1 rings (SSSR count). The molecule has 0 fully saturated rings. The highest BCUT2D eigenvalue weighted by Gasteiger charge is 2.25. The van der Waals surface area contributed by atoms with Gasteiger partial charge >= 0.3 is 5.97 Å². The van der Waals surface area contributed by atoms with Crippen molar-refractivity contribution in [2.75, 3.05) is 0 Å². The third kappa shape index (κ3) is 3.06. The summed E-state index contributed by atoms with van der Waals surface area (Å²) >= 11 is 0. The van der Waals surface area contributed by atoms with Crippen LogP contribution < -0.4 is 0 Å². The number of nitrogens with zero attached hydrogens (tertiary/aromatic N) is 1. The molecule has 1 aromatic heterocycles. The highest BCUT2D eigenvalue weighted by atomic mass is 16.4. The molecule has 0 aliphatic carbocycles. The van der Waals surface area contributed by atoms with Gasteiger partial charge in [0.15, 0.2) is 0 Å². The second-order valence-corrected chi connectivity index (χ2v) is 4.38. The van der Waals surface area contributed by atoms with Crippen LogP contribution in [0.5, 0.6) is 0 Å². The molecule has 0 bridgehead atoms. The van der Waals surface area contributed by atoms with Crippen molar-refractivity contribution in [2.24, 2.45) is 0 Å². The van der Waals surface area contributed by atoms with E-state index >= 15 is 0 Å². The van der Waals surface area contributed by atoms with Crippen LogP contribution in [0.4, 0.5) is 0 Å². The number of aryl methyl sites for hydroxylation is 1. The van der Waals surface area contributed by atoms with E-state index in [1.807, 2.05) is 6.92 Å². The Hall–Kier alpha value is -1.36. The van der Waals surface area contributed by atoms with Crippen LogP contribution in [0.3, 0.4) is 0 Å². The van der Waals surface area contributed by atoms with Crippen molar-refractivity contribution >= 4 is 5.97 Å². The maximum atomic E-state index is 10.7. The van der Waals surface area contributed by atoms with Crippen LogP contribution >= 0.6 is 0 Å². The number of H-pyrrole nitrogens is 1. The van der Waals surface area contributed by atoms with Gasteiger partial charge in [0.25, 0.3) is 0 Å². The van der Waals surface area contributed by atoms with Crippen molar-refractivity contribution < 1.29 is 15.0 Å². The Balaban J connectivity index is 3.07. The summed E-state index contributed by atoms with van der Waals surface area (Å²) in [4.78, 5) is 17.9. The smallest absolute Gasteiger partial charge is 0.309 e. The van der Waals surface area contributed by atoms with Crippen molar-refractivity contribution in [1.82, 2.24) is 9.97 Å². The zero-order chi connectivity index (χ0) is 12.3. The van der Waals surface area contributed by atoms with Crippen LogP contribution in [0, 0.1) is 0 Å². The second kappa shape index (κ2) is 4.65. The van der Waals surface area contributed by atoms with E-state index in [0.717, 1.165) is 18.7 Å². The molecule has 16 heavy (non-hydrogen) atoms. The Morgan fingerprint density at radius 3 is 2.56 bits per heavy atom. The first kappa shape index (κ1) is 12.7. The van der Waals surface area contributed by atoms with Crippen LogP contribution in [0.2, 0.25) is 0 Å². The Morgan fingerprint density at radius 1 is 1.50 bits per heavy atom. The van der Waals surface area contributed by atoms with Gasteiger partial charge < -0.3 is 15.2 Å². The normalized spacial score (nSPS) is 11.8. The number of aromatic amines is 1. The molecule has 0 saturated heterocycles. The number of aromatic nitrogens is 2. The number of hydrogen-bond acceptors (Lipinski definition) is 3. The lowest BCUT2D eigenvalue weighted by Crippen LogP contribution is -2.19. The predicted molar refractivity (Wildman–Crippen MR) is 59.2 cm³/mol. The van der Waals surface area contributed by atoms with Gasteiger partial charge in [-0.05, 0) is 20.3 Å². The van der Waals surface area contributed by atoms with E-state index in [0.29, 0.717) is 11.4 Å².